The number of ether oxygens (including phenoxy) is 1. The molecule has 176 valence electrons. The van der Waals surface area contributed by atoms with Crippen LogP contribution in [0.3, 0.4) is 0 Å². The van der Waals surface area contributed by atoms with Gasteiger partial charge in [-0.25, -0.2) is 4.79 Å². The number of carbonyl (C=O) groups excluding carboxylic acids is 2. The van der Waals surface area contributed by atoms with Gasteiger partial charge in [-0.2, -0.15) is 11.8 Å². The van der Waals surface area contributed by atoms with Gasteiger partial charge in [0.1, 0.15) is 0 Å². The Morgan fingerprint density at radius 1 is 0.824 bits per heavy atom. The number of benzene rings is 3. The van der Waals surface area contributed by atoms with Crippen LogP contribution < -0.4 is 0 Å². The van der Waals surface area contributed by atoms with E-state index < -0.39 is 0 Å². The number of ketones is 1. The molecule has 1 saturated heterocycles. The Balaban J connectivity index is 1.53. The SMILES string of the molecule is CCOC1C(CSCC(=O)c2ccccc2)N(Cc2ccccc2)C(=O)N1Cc1ccccc1. The van der Waals surface area contributed by atoms with E-state index in [4.69, 9.17) is 4.74 Å². The molecule has 4 rings (SSSR count). The van der Waals surface area contributed by atoms with E-state index in [-0.39, 0.29) is 24.1 Å². The fraction of sp³-hybridized carbons (Fsp3) is 0.286. The van der Waals surface area contributed by atoms with Gasteiger partial charge in [0.2, 0.25) is 0 Å². The van der Waals surface area contributed by atoms with Gasteiger partial charge >= 0.3 is 6.03 Å². The molecule has 0 aromatic heterocycles. The van der Waals surface area contributed by atoms with Gasteiger partial charge in [-0.1, -0.05) is 91.0 Å². The minimum absolute atomic E-state index is 0.0360. The first kappa shape index (κ1) is 24.0. The molecule has 3 aromatic carbocycles. The molecule has 0 saturated carbocycles. The number of nitrogens with zero attached hydrogens (tertiary/aromatic N) is 2. The monoisotopic (exact) mass is 474 g/mol. The van der Waals surface area contributed by atoms with Gasteiger partial charge in [0.25, 0.3) is 0 Å². The van der Waals surface area contributed by atoms with Crippen LogP contribution in [-0.2, 0) is 17.8 Å². The molecular formula is C28H30N2O3S. The van der Waals surface area contributed by atoms with Gasteiger partial charge in [0, 0.05) is 24.5 Å². The van der Waals surface area contributed by atoms with Crippen molar-refractivity contribution in [2.24, 2.45) is 0 Å². The van der Waals surface area contributed by atoms with E-state index >= 15 is 0 Å². The van der Waals surface area contributed by atoms with Crippen LogP contribution in [0, 0.1) is 0 Å². The molecule has 1 aliphatic rings. The summed E-state index contributed by atoms with van der Waals surface area (Å²) in [5.74, 6) is 1.08. The van der Waals surface area contributed by atoms with Crippen LogP contribution in [0.2, 0.25) is 0 Å². The average molecular weight is 475 g/mol. The molecule has 0 bridgehead atoms. The maximum atomic E-state index is 13.6. The van der Waals surface area contributed by atoms with Crippen molar-refractivity contribution in [2.45, 2.75) is 32.3 Å². The van der Waals surface area contributed by atoms with Crippen molar-refractivity contribution in [1.82, 2.24) is 9.80 Å². The molecule has 1 heterocycles. The smallest absolute Gasteiger partial charge is 0.323 e. The topological polar surface area (TPSA) is 49.9 Å². The molecule has 2 atom stereocenters. The van der Waals surface area contributed by atoms with Crippen molar-refractivity contribution in [3.63, 3.8) is 0 Å². The number of amides is 2. The summed E-state index contributed by atoms with van der Waals surface area (Å²) in [6.07, 6.45) is -0.374. The van der Waals surface area contributed by atoms with Crippen molar-refractivity contribution in [3.05, 3.63) is 108 Å². The Morgan fingerprint density at radius 2 is 1.35 bits per heavy atom. The molecule has 0 radical (unpaired) electrons. The molecule has 2 unspecified atom stereocenters. The molecule has 1 aliphatic heterocycles. The third kappa shape index (κ3) is 5.88. The molecule has 6 heteroatoms. The van der Waals surface area contributed by atoms with E-state index in [0.717, 1.165) is 11.1 Å². The quantitative estimate of drug-likeness (QED) is 0.346. The van der Waals surface area contributed by atoms with Crippen LogP contribution in [0.15, 0.2) is 91.0 Å². The normalized spacial score (nSPS) is 17.9. The van der Waals surface area contributed by atoms with E-state index in [2.05, 4.69) is 0 Å². The number of urea groups is 1. The Labute approximate surface area is 205 Å². The number of rotatable bonds is 11. The molecule has 0 spiro atoms. The summed E-state index contributed by atoms with van der Waals surface area (Å²) in [7, 11) is 0. The van der Waals surface area contributed by atoms with E-state index in [0.29, 0.717) is 36.8 Å². The first-order chi connectivity index (χ1) is 16.7. The minimum atomic E-state index is -0.374. The second kappa shape index (κ2) is 11.9. The van der Waals surface area contributed by atoms with Crippen LogP contribution in [0.5, 0.6) is 0 Å². The van der Waals surface area contributed by atoms with Gasteiger partial charge in [-0.05, 0) is 18.1 Å². The Kier molecular flexibility index (Phi) is 8.39. The molecular weight excluding hydrogens is 444 g/mol. The molecule has 34 heavy (non-hydrogen) atoms. The van der Waals surface area contributed by atoms with Gasteiger partial charge in [-0.15, -0.1) is 0 Å². The highest BCUT2D eigenvalue weighted by Crippen LogP contribution is 2.30. The van der Waals surface area contributed by atoms with Crippen LogP contribution in [0.25, 0.3) is 0 Å². The van der Waals surface area contributed by atoms with Gasteiger partial charge in [0.15, 0.2) is 12.0 Å². The summed E-state index contributed by atoms with van der Waals surface area (Å²) in [6.45, 7) is 3.45. The van der Waals surface area contributed by atoms with Crippen molar-refractivity contribution in [3.8, 4) is 0 Å². The lowest BCUT2D eigenvalue weighted by Crippen LogP contribution is -2.41. The summed E-state index contributed by atoms with van der Waals surface area (Å²) < 4.78 is 6.15. The Hall–Kier alpha value is -3.09. The summed E-state index contributed by atoms with van der Waals surface area (Å²) >= 11 is 1.56. The van der Waals surface area contributed by atoms with E-state index in [9.17, 15) is 9.59 Å². The van der Waals surface area contributed by atoms with Gasteiger partial charge in [-0.3, -0.25) is 9.69 Å². The fourth-order valence-corrected chi connectivity index (χ4v) is 5.26. The lowest BCUT2D eigenvalue weighted by molar-refractivity contribution is -0.0326. The highest BCUT2D eigenvalue weighted by molar-refractivity contribution is 8.00. The number of thioether (sulfide) groups is 1. The highest BCUT2D eigenvalue weighted by atomic mass is 32.2. The molecule has 5 nitrogen and oxygen atoms in total. The maximum absolute atomic E-state index is 13.6. The third-order valence-corrected chi connectivity index (χ3v) is 6.92. The van der Waals surface area contributed by atoms with E-state index in [1.807, 2.05) is 108 Å². The van der Waals surface area contributed by atoms with Crippen molar-refractivity contribution in [1.29, 1.82) is 0 Å². The fourth-order valence-electron chi connectivity index (χ4n) is 4.20. The molecule has 2 amide bonds. The Bertz CT molecular complexity index is 1060. The molecule has 1 fully saturated rings. The summed E-state index contributed by atoms with van der Waals surface area (Å²) in [5.41, 5.74) is 2.85. The predicted molar refractivity (Wildman–Crippen MR) is 137 cm³/mol. The van der Waals surface area contributed by atoms with Gasteiger partial charge < -0.3 is 9.64 Å². The second-order valence-electron chi connectivity index (χ2n) is 8.23. The Morgan fingerprint density at radius 3 is 1.91 bits per heavy atom. The van der Waals surface area contributed by atoms with Crippen molar-refractivity contribution in [2.75, 3.05) is 18.1 Å². The number of Topliss-reactive ketones (excluding diaryl/α,β-unsaturated/α-hetero) is 1. The van der Waals surface area contributed by atoms with Gasteiger partial charge in [0.05, 0.1) is 18.3 Å². The molecule has 3 aromatic rings. The summed E-state index contributed by atoms with van der Waals surface area (Å²) in [4.78, 5) is 30.0. The second-order valence-corrected chi connectivity index (χ2v) is 9.26. The largest absolute Gasteiger partial charge is 0.356 e. The zero-order valence-electron chi connectivity index (χ0n) is 19.4. The summed E-state index contributed by atoms with van der Waals surface area (Å²) in [6, 6.07) is 29.1. The van der Waals surface area contributed by atoms with E-state index in [1.54, 1.807) is 11.8 Å². The maximum Gasteiger partial charge on any atom is 0.323 e. The van der Waals surface area contributed by atoms with Crippen LogP contribution in [0.1, 0.15) is 28.4 Å². The van der Waals surface area contributed by atoms with Crippen molar-refractivity contribution < 1.29 is 14.3 Å². The lowest BCUT2D eigenvalue weighted by atomic mass is 10.2. The number of carbonyl (C=O) groups is 2. The predicted octanol–water partition coefficient (Wildman–Crippen LogP) is 5.47. The number of hydrogen-bond acceptors (Lipinski definition) is 4. The van der Waals surface area contributed by atoms with Crippen LogP contribution in [0.4, 0.5) is 4.79 Å². The average Bonchev–Trinajstić information content (AvgIpc) is 3.11. The molecule has 0 N–H and O–H groups in total. The van der Waals surface area contributed by atoms with E-state index in [1.165, 1.54) is 0 Å². The summed E-state index contributed by atoms with van der Waals surface area (Å²) in [5, 5.41) is 0. The van der Waals surface area contributed by atoms with Crippen LogP contribution >= 0.6 is 11.8 Å². The minimum Gasteiger partial charge on any atom is -0.356 e. The van der Waals surface area contributed by atoms with Crippen LogP contribution in [-0.4, -0.2) is 52.0 Å². The molecule has 0 aliphatic carbocycles. The zero-order valence-corrected chi connectivity index (χ0v) is 20.2. The zero-order chi connectivity index (χ0) is 23.8. The first-order valence-corrected chi connectivity index (χ1v) is 12.8. The van der Waals surface area contributed by atoms with Crippen molar-refractivity contribution >= 4 is 23.6 Å². The third-order valence-electron chi connectivity index (χ3n) is 5.87. The highest BCUT2D eigenvalue weighted by Gasteiger charge is 2.46. The lowest BCUT2D eigenvalue weighted by Gasteiger charge is -2.27. The standard InChI is InChI=1S/C28H30N2O3S/c1-2-33-27-25(20-34-21-26(31)24-16-10-5-11-17-24)29(18-22-12-6-3-7-13-22)28(32)30(27)19-23-14-8-4-9-15-23/h3-17,25,27H,2,18-21H2,1H3. The number of hydrogen-bond donors (Lipinski definition) is 0. The first-order valence-electron chi connectivity index (χ1n) is 11.6.